The average molecular weight is 490 g/mol. The van der Waals surface area contributed by atoms with Crippen LogP contribution in [0.3, 0.4) is 0 Å². The first-order valence-corrected chi connectivity index (χ1v) is 11.0. The number of nitrogens with one attached hydrogen (secondary N) is 2. The number of rotatable bonds is 6. The molecule has 3 aromatic heterocycles. The van der Waals surface area contributed by atoms with Crippen molar-refractivity contribution in [3.63, 3.8) is 0 Å². The van der Waals surface area contributed by atoms with E-state index in [1.807, 2.05) is 12.1 Å². The number of azo groups is 1. The zero-order chi connectivity index (χ0) is 25.8. The lowest BCUT2D eigenvalue weighted by Crippen LogP contribution is -2.13. The van der Waals surface area contributed by atoms with Gasteiger partial charge in [0.1, 0.15) is 11.6 Å². The maximum Gasteiger partial charge on any atom is 0.299 e. The molecule has 0 unspecified atom stereocenters. The summed E-state index contributed by atoms with van der Waals surface area (Å²) in [6, 6.07) is 19.6. The number of H-pyrrole nitrogens is 1. The van der Waals surface area contributed by atoms with E-state index in [2.05, 4.69) is 35.7 Å². The van der Waals surface area contributed by atoms with Crippen LogP contribution in [-0.4, -0.2) is 35.4 Å². The second-order valence-corrected chi connectivity index (χ2v) is 7.69. The summed E-state index contributed by atoms with van der Waals surface area (Å²) in [5.41, 5.74) is 1.51. The number of aromatic amines is 1. The van der Waals surface area contributed by atoms with Gasteiger partial charge in [0.2, 0.25) is 5.91 Å². The molecule has 180 valence electrons. The second kappa shape index (κ2) is 9.88. The number of nitriles is 1. The number of anilines is 1. The molecule has 0 fully saturated rings. The molecule has 2 N–H and O–H groups in total. The van der Waals surface area contributed by atoms with E-state index in [1.165, 1.54) is 34.9 Å². The third kappa shape index (κ3) is 4.52. The Hall–Kier alpha value is -5.70. The van der Waals surface area contributed by atoms with Gasteiger partial charge in [-0.25, -0.2) is 14.6 Å². The fourth-order valence-corrected chi connectivity index (χ4v) is 3.63. The van der Waals surface area contributed by atoms with Crippen LogP contribution in [-0.2, 0) is 4.79 Å². The van der Waals surface area contributed by atoms with Crippen molar-refractivity contribution < 1.29 is 4.79 Å². The number of aromatic nitrogens is 6. The standard InChI is InChI=1S/C25H18N10O2/c1-16(36)30-20-11-6-5-10-19(20)21-22(24(37)34(33-21)18-8-3-2-4-9-18)31-32-23-17(14-26)15-29-35(23)25-27-12-7-13-28-25/h2-13,15,33H,1H3,(H,30,36). The molecule has 0 saturated carbocycles. The van der Waals surface area contributed by atoms with E-state index in [0.717, 1.165) is 0 Å². The summed E-state index contributed by atoms with van der Waals surface area (Å²) in [5.74, 6) is -0.0301. The van der Waals surface area contributed by atoms with Crippen molar-refractivity contribution in [2.45, 2.75) is 6.92 Å². The fourth-order valence-electron chi connectivity index (χ4n) is 3.63. The molecule has 0 aliphatic rings. The van der Waals surface area contributed by atoms with E-state index < -0.39 is 5.56 Å². The Morgan fingerprint density at radius 2 is 1.76 bits per heavy atom. The van der Waals surface area contributed by atoms with Crippen LogP contribution in [0, 0.1) is 11.3 Å². The highest BCUT2D eigenvalue weighted by molar-refractivity contribution is 5.95. The molecule has 2 aromatic carbocycles. The molecule has 0 aliphatic heterocycles. The van der Waals surface area contributed by atoms with Crippen LogP contribution >= 0.6 is 0 Å². The monoisotopic (exact) mass is 490 g/mol. The van der Waals surface area contributed by atoms with Gasteiger partial charge in [0.15, 0.2) is 11.5 Å². The molecule has 0 spiro atoms. The predicted molar refractivity (Wildman–Crippen MR) is 134 cm³/mol. The molecule has 12 nitrogen and oxygen atoms in total. The van der Waals surface area contributed by atoms with Crippen LogP contribution in [0.15, 0.2) is 94.3 Å². The number of carbonyl (C=O) groups excluding carboxylic acids is 1. The van der Waals surface area contributed by atoms with Gasteiger partial charge in [-0.15, -0.1) is 10.2 Å². The molecule has 0 aliphatic carbocycles. The maximum absolute atomic E-state index is 13.5. The van der Waals surface area contributed by atoms with Gasteiger partial charge >= 0.3 is 0 Å². The van der Waals surface area contributed by atoms with E-state index in [-0.39, 0.29) is 28.9 Å². The van der Waals surface area contributed by atoms with Crippen LogP contribution in [0.4, 0.5) is 17.2 Å². The van der Waals surface area contributed by atoms with Crippen LogP contribution in [0.5, 0.6) is 0 Å². The van der Waals surface area contributed by atoms with E-state index in [4.69, 9.17) is 0 Å². The summed E-state index contributed by atoms with van der Waals surface area (Å²) in [7, 11) is 0. The van der Waals surface area contributed by atoms with Crippen molar-refractivity contribution >= 4 is 23.1 Å². The number of para-hydroxylation sites is 2. The zero-order valence-electron chi connectivity index (χ0n) is 19.4. The van der Waals surface area contributed by atoms with Crippen molar-refractivity contribution in [3.8, 4) is 29.0 Å². The molecule has 12 heteroatoms. The zero-order valence-corrected chi connectivity index (χ0v) is 19.4. The average Bonchev–Trinajstić information content (AvgIpc) is 3.48. The molecular formula is C25H18N10O2. The van der Waals surface area contributed by atoms with Crippen LogP contribution in [0.2, 0.25) is 0 Å². The number of hydrogen-bond acceptors (Lipinski definition) is 8. The third-order valence-corrected chi connectivity index (χ3v) is 5.24. The number of amides is 1. The SMILES string of the molecule is CC(=O)Nc1ccccc1-c1[nH]n(-c2ccccc2)c(=O)c1N=Nc1c(C#N)cnn1-c1ncccn1. The topological polar surface area (TPSA) is 159 Å². The van der Waals surface area contributed by atoms with Gasteiger partial charge in [0.25, 0.3) is 11.5 Å². The van der Waals surface area contributed by atoms with Crippen LogP contribution < -0.4 is 10.9 Å². The van der Waals surface area contributed by atoms with Gasteiger partial charge in [-0.3, -0.25) is 14.7 Å². The minimum atomic E-state index is -0.483. The number of hydrogen-bond donors (Lipinski definition) is 2. The number of carbonyl (C=O) groups is 1. The molecule has 5 aromatic rings. The fraction of sp³-hybridized carbons (Fsp3) is 0.0400. The highest BCUT2D eigenvalue weighted by Gasteiger charge is 2.21. The Kier molecular flexibility index (Phi) is 6.16. The van der Waals surface area contributed by atoms with Crippen molar-refractivity contribution in [1.29, 1.82) is 5.26 Å². The first kappa shape index (κ1) is 23.1. The maximum atomic E-state index is 13.5. The summed E-state index contributed by atoms with van der Waals surface area (Å²) in [6.07, 6.45) is 4.37. The van der Waals surface area contributed by atoms with E-state index in [0.29, 0.717) is 22.6 Å². The van der Waals surface area contributed by atoms with E-state index in [9.17, 15) is 14.9 Å². The second-order valence-electron chi connectivity index (χ2n) is 7.69. The van der Waals surface area contributed by atoms with Crippen molar-refractivity contribution in [1.82, 2.24) is 29.5 Å². The molecule has 0 atom stereocenters. The van der Waals surface area contributed by atoms with Crippen molar-refractivity contribution in [3.05, 3.63) is 95.2 Å². The minimum Gasteiger partial charge on any atom is -0.326 e. The van der Waals surface area contributed by atoms with Gasteiger partial charge in [-0.2, -0.15) is 15.0 Å². The lowest BCUT2D eigenvalue weighted by atomic mass is 10.1. The highest BCUT2D eigenvalue weighted by Crippen LogP contribution is 2.34. The normalized spacial score (nSPS) is 10.9. The summed E-state index contributed by atoms with van der Waals surface area (Å²) in [5, 5.41) is 28.1. The van der Waals surface area contributed by atoms with Gasteiger partial charge in [-0.1, -0.05) is 36.4 Å². The van der Waals surface area contributed by atoms with E-state index in [1.54, 1.807) is 54.6 Å². The molecule has 0 radical (unpaired) electrons. The summed E-state index contributed by atoms with van der Waals surface area (Å²) >= 11 is 0. The van der Waals surface area contributed by atoms with Crippen LogP contribution in [0.1, 0.15) is 12.5 Å². The van der Waals surface area contributed by atoms with Crippen molar-refractivity contribution in [2.75, 3.05) is 5.32 Å². The lowest BCUT2D eigenvalue weighted by Gasteiger charge is -2.09. The summed E-state index contributed by atoms with van der Waals surface area (Å²) in [6.45, 7) is 1.39. The molecule has 37 heavy (non-hydrogen) atoms. The molecular weight excluding hydrogens is 472 g/mol. The smallest absolute Gasteiger partial charge is 0.299 e. The Balaban J connectivity index is 1.70. The Morgan fingerprint density at radius 3 is 2.49 bits per heavy atom. The first-order chi connectivity index (χ1) is 18.1. The number of nitrogens with zero attached hydrogens (tertiary/aromatic N) is 8. The number of benzene rings is 2. The molecule has 5 rings (SSSR count). The highest BCUT2D eigenvalue weighted by atomic mass is 16.1. The summed E-state index contributed by atoms with van der Waals surface area (Å²) < 4.78 is 2.59. The van der Waals surface area contributed by atoms with Gasteiger partial charge in [0, 0.05) is 24.9 Å². The lowest BCUT2D eigenvalue weighted by molar-refractivity contribution is -0.114. The van der Waals surface area contributed by atoms with Gasteiger partial charge in [-0.05, 0) is 24.3 Å². The third-order valence-electron chi connectivity index (χ3n) is 5.24. The predicted octanol–water partition coefficient (Wildman–Crippen LogP) is 4.05. The van der Waals surface area contributed by atoms with Gasteiger partial charge < -0.3 is 5.32 Å². The molecule has 0 saturated heterocycles. The van der Waals surface area contributed by atoms with Crippen molar-refractivity contribution in [2.24, 2.45) is 10.2 Å². The quantitative estimate of drug-likeness (QED) is 0.342. The Morgan fingerprint density at radius 1 is 1.03 bits per heavy atom. The Labute approximate surface area is 209 Å². The summed E-state index contributed by atoms with van der Waals surface area (Å²) in [4.78, 5) is 33.6. The van der Waals surface area contributed by atoms with Gasteiger partial charge in [0.05, 0.1) is 23.3 Å². The molecule has 0 bridgehead atoms. The van der Waals surface area contributed by atoms with Crippen LogP contribution in [0.25, 0.3) is 22.9 Å². The largest absolute Gasteiger partial charge is 0.326 e. The molecule has 1 amide bonds. The minimum absolute atomic E-state index is 0.0349. The molecule has 3 heterocycles. The Bertz CT molecular complexity index is 1710. The van der Waals surface area contributed by atoms with E-state index >= 15 is 0 Å². The first-order valence-electron chi connectivity index (χ1n) is 11.0.